The van der Waals surface area contributed by atoms with Gasteiger partial charge in [0.2, 0.25) is 0 Å². The zero-order valence-electron chi connectivity index (χ0n) is 18.6. The fraction of sp³-hybridized carbons (Fsp3) is 0.769. The maximum atomic E-state index is 9.74. The average molecular weight is 391 g/mol. The molecule has 1 aromatic rings. The quantitative estimate of drug-likeness (QED) is 0.215. The maximum absolute atomic E-state index is 9.74. The molecule has 28 heavy (non-hydrogen) atoms. The molecule has 0 aromatic heterocycles. The predicted molar refractivity (Wildman–Crippen MR) is 122 cm³/mol. The van der Waals surface area contributed by atoms with Crippen LogP contribution in [0.5, 0.6) is 5.75 Å². The standard InChI is InChI=1S/C24H42O.C2H4O/c1-2-3-4-5-6-7-8-9-10-11-12-13-14-15-16-17-20-23-21-18-19-22-24(23)25;1-2-3-1/h18-19,21-22,25H,2-17,20H2,1H3;1-2H2. The SMILES string of the molecule is C1CO1.CCCCCCCCCCCCCCCCCCc1ccccc1O. The first-order valence-electron chi connectivity index (χ1n) is 12.2. The molecule has 1 N–H and O–H groups in total. The van der Waals surface area contributed by atoms with E-state index in [0.29, 0.717) is 5.75 Å². The molecule has 0 unspecified atom stereocenters. The Morgan fingerprint density at radius 1 is 0.643 bits per heavy atom. The number of hydrogen-bond acceptors (Lipinski definition) is 2. The number of benzene rings is 1. The highest BCUT2D eigenvalue weighted by Gasteiger charge is 1.99. The van der Waals surface area contributed by atoms with Gasteiger partial charge < -0.3 is 9.84 Å². The highest BCUT2D eigenvalue weighted by atomic mass is 16.6. The second-order valence-corrected chi connectivity index (χ2v) is 8.29. The molecule has 1 aliphatic rings. The largest absolute Gasteiger partial charge is 0.508 e. The molecule has 1 saturated heterocycles. The summed E-state index contributed by atoms with van der Waals surface area (Å²) < 4.78 is 4.50. The van der Waals surface area contributed by atoms with Gasteiger partial charge in [-0.2, -0.15) is 0 Å². The summed E-state index contributed by atoms with van der Waals surface area (Å²) in [6.45, 7) is 4.29. The fourth-order valence-corrected chi connectivity index (χ4v) is 3.59. The second-order valence-electron chi connectivity index (χ2n) is 8.29. The third kappa shape index (κ3) is 17.1. The Labute approximate surface area is 175 Å². The van der Waals surface area contributed by atoms with E-state index in [-0.39, 0.29) is 0 Å². The van der Waals surface area contributed by atoms with Gasteiger partial charge in [0, 0.05) is 0 Å². The molecule has 0 radical (unpaired) electrons. The van der Waals surface area contributed by atoms with Gasteiger partial charge in [0.05, 0.1) is 13.2 Å². The molecule has 0 amide bonds. The Kier molecular flexibility index (Phi) is 17.2. The molecule has 0 saturated carbocycles. The maximum Gasteiger partial charge on any atom is 0.118 e. The minimum absolute atomic E-state index is 0.462. The van der Waals surface area contributed by atoms with Crippen molar-refractivity contribution in [2.24, 2.45) is 0 Å². The fourth-order valence-electron chi connectivity index (χ4n) is 3.59. The monoisotopic (exact) mass is 390 g/mol. The summed E-state index contributed by atoms with van der Waals surface area (Å²) in [5.41, 5.74) is 1.10. The van der Waals surface area contributed by atoms with Crippen LogP contribution in [0.2, 0.25) is 0 Å². The highest BCUT2D eigenvalue weighted by molar-refractivity contribution is 5.31. The summed E-state index contributed by atoms with van der Waals surface area (Å²) in [5, 5.41) is 9.74. The van der Waals surface area contributed by atoms with E-state index in [1.165, 1.54) is 103 Å². The van der Waals surface area contributed by atoms with Crippen LogP contribution in [0.3, 0.4) is 0 Å². The smallest absolute Gasteiger partial charge is 0.118 e. The van der Waals surface area contributed by atoms with E-state index >= 15 is 0 Å². The van der Waals surface area contributed by atoms with Crippen molar-refractivity contribution in [3.63, 3.8) is 0 Å². The molecular weight excluding hydrogens is 344 g/mol. The normalized spacial score (nSPS) is 12.5. The van der Waals surface area contributed by atoms with Crippen molar-refractivity contribution in [2.45, 2.75) is 116 Å². The molecule has 1 aromatic carbocycles. The molecule has 2 heteroatoms. The molecule has 2 nitrogen and oxygen atoms in total. The Bertz CT molecular complexity index is 439. The number of epoxide rings is 1. The molecular formula is C26H46O2. The van der Waals surface area contributed by atoms with Crippen LogP contribution in [-0.4, -0.2) is 18.3 Å². The molecule has 0 aliphatic carbocycles. The van der Waals surface area contributed by atoms with Gasteiger partial charge in [0.25, 0.3) is 0 Å². The van der Waals surface area contributed by atoms with Gasteiger partial charge in [0.15, 0.2) is 0 Å². The minimum atomic E-state index is 0.462. The van der Waals surface area contributed by atoms with Gasteiger partial charge >= 0.3 is 0 Å². The Hall–Kier alpha value is -1.02. The summed E-state index contributed by atoms with van der Waals surface area (Å²) in [5.74, 6) is 0.462. The van der Waals surface area contributed by atoms with Crippen molar-refractivity contribution in [1.29, 1.82) is 0 Å². The number of aromatic hydroxyl groups is 1. The van der Waals surface area contributed by atoms with Gasteiger partial charge in [-0.1, -0.05) is 121 Å². The third-order valence-electron chi connectivity index (χ3n) is 5.50. The van der Waals surface area contributed by atoms with Gasteiger partial charge in [-0.05, 0) is 24.5 Å². The zero-order valence-corrected chi connectivity index (χ0v) is 18.6. The van der Waals surface area contributed by atoms with Crippen LogP contribution in [0, 0.1) is 0 Å². The van der Waals surface area contributed by atoms with Crippen LogP contribution < -0.4 is 0 Å². The van der Waals surface area contributed by atoms with Crippen molar-refractivity contribution in [3.05, 3.63) is 29.8 Å². The summed E-state index contributed by atoms with van der Waals surface area (Å²) in [6, 6.07) is 7.75. The van der Waals surface area contributed by atoms with Crippen molar-refractivity contribution in [1.82, 2.24) is 0 Å². The van der Waals surface area contributed by atoms with Crippen molar-refractivity contribution in [2.75, 3.05) is 13.2 Å². The lowest BCUT2D eigenvalue weighted by Crippen LogP contribution is -1.87. The van der Waals surface area contributed by atoms with Gasteiger partial charge in [-0.3, -0.25) is 0 Å². The van der Waals surface area contributed by atoms with Crippen LogP contribution in [0.1, 0.15) is 115 Å². The third-order valence-corrected chi connectivity index (χ3v) is 5.50. The molecule has 0 spiro atoms. The summed E-state index contributed by atoms with van der Waals surface area (Å²) in [6.07, 6.45) is 23.5. The van der Waals surface area contributed by atoms with Crippen LogP contribution in [0.25, 0.3) is 0 Å². The molecule has 0 bridgehead atoms. The molecule has 162 valence electrons. The number of phenols is 1. The number of ether oxygens (including phenoxy) is 1. The van der Waals surface area contributed by atoms with E-state index in [4.69, 9.17) is 0 Å². The second kappa shape index (κ2) is 19.3. The molecule has 1 fully saturated rings. The number of unbranched alkanes of at least 4 members (excludes halogenated alkanes) is 15. The van der Waals surface area contributed by atoms with Crippen molar-refractivity contribution in [3.8, 4) is 5.75 Å². The Morgan fingerprint density at radius 2 is 1.04 bits per heavy atom. The highest BCUT2D eigenvalue weighted by Crippen LogP contribution is 2.19. The number of rotatable bonds is 17. The first-order chi connectivity index (χ1) is 13.8. The Balaban J connectivity index is 0.00000118. The topological polar surface area (TPSA) is 32.8 Å². The molecule has 1 heterocycles. The lowest BCUT2D eigenvalue weighted by Gasteiger charge is -2.05. The number of para-hydroxylation sites is 1. The van der Waals surface area contributed by atoms with E-state index in [2.05, 4.69) is 11.7 Å². The van der Waals surface area contributed by atoms with Gasteiger partial charge in [-0.15, -0.1) is 0 Å². The zero-order chi connectivity index (χ0) is 20.1. The van der Waals surface area contributed by atoms with Crippen LogP contribution in [0.4, 0.5) is 0 Å². The van der Waals surface area contributed by atoms with E-state index in [1.54, 1.807) is 6.07 Å². The van der Waals surface area contributed by atoms with Gasteiger partial charge in [-0.25, -0.2) is 0 Å². The van der Waals surface area contributed by atoms with Crippen LogP contribution in [-0.2, 0) is 11.2 Å². The minimum Gasteiger partial charge on any atom is -0.508 e. The van der Waals surface area contributed by atoms with Crippen LogP contribution >= 0.6 is 0 Å². The van der Waals surface area contributed by atoms with Gasteiger partial charge in [0.1, 0.15) is 5.75 Å². The Morgan fingerprint density at radius 3 is 1.43 bits per heavy atom. The van der Waals surface area contributed by atoms with E-state index < -0.39 is 0 Å². The summed E-state index contributed by atoms with van der Waals surface area (Å²) in [4.78, 5) is 0. The molecule has 0 atom stereocenters. The first-order valence-corrected chi connectivity index (χ1v) is 12.2. The van der Waals surface area contributed by atoms with Crippen molar-refractivity contribution >= 4 is 0 Å². The molecule has 2 rings (SSSR count). The summed E-state index contributed by atoms with van der Waals surface area (Å²) in [7, 11) is 0. The van der Waals surface area contributed by atoms with E-state index in [0.717, 1.165) is 25.2 Å². The van der Waals surface area contributed by atoms with E-state index in [1.807, 2.05) is 18.2 Å². The first kappa shape index (κ1) is 25.0. The molecule has 1 aliphatic heterocycles. The lowest BCUT2D eigenvalue weighted by atomic mass is 10.0. The number of hydrogen-bond donors (Lipinski definition) is 1. The average Bonchev–Trinajstić information content (AvgIpc) is 3.58. The van der Waals surface area contributed by atoms with E-state index in [9.17, 15) is 5.11 Å². The predicted octanol–water partition coefficient (Wildman–Crippen LogP) is 8.21. The lowest BCUT2D eigenvalue weighted by molar-refractivity contribution is 0.465. The summed E-state index contributed by atoms with van der Waals surface area (Å²) >= 11 is 0. The number of phenolic OH excluding ortho intramolecular Hbond substituents is 1. The van der Waals surface area contributed by atoms with Crippen LogP contribution in [0.15, 0.2) is 24.3 Å². The number of aryl methyl sites for hydroxylation is 1. The van der Waals surface area contributed by atoms with Crippen molar-refractivity contribution < 1.29 is 9.84 Å².